The molecule has 1 saturated heterocycles. The first kappa shape index (κ1) is 13.7. The highest BCUT2D eigenvalue weighted by Crippen LogP contribution is 2.43. The van der Waals surface area contributed by atoms with Crippen LogP contribution < -0.4 is 0 Å². The van der Waals surface area contributed by atoms with Gasteiger partial charge in [-0.2, -0.15) is 0 Å². The summed E-state index contributed by atoms with van der Waals surface area (Å²) in [4.78, 5) is 0.755. The quantitative estimate of drug-likeness (QED) is 0.529. The monoisotopic (exact) mass is 241 g/mol. The number of halogens is 4. The smallest absolute Gasteiger partial charge is 0.190 e. The maximum Gasteiger partial charge on any atom is 0.190 e. The Balaban J connectivity index is 2.95. The molecule has 1 heterocycles. The Hall–Kier alpha value is -0.320. The second kappa shape index (κ2) is 4.51. The van der Waals surface area contributed by atoms with E-state index in [-0.39, 0.29) is 0 Å². The highest BCUT2D eigenvalue weighted by molar-refractivity contribution is 5.01. The highest BCUT2D eigenvalue weighted by Gasteiger charge is 2.56. The highest BCUT2D eigenvalue weighted by atomic mass is 19.2. The van der Waals surface area contributed by atoms with E-state index in [9.17, 15) is 17.6 Å². The van der Waals surface area contributed by atoms with E-state index in [1.54, 1.807) is 13.8 Å². The zero-order chi connectivity index (χ0) is 12.7. The van der Waals surface area contributed by atoms with Crippen LogP contribution in [-0.2, 0) is 0 Å². The van der Waals surface area contributed by atoms with Crippen molar-refractivity contribution in [2.45, 2.75) is 64.6 Å². The Labute approximate surface area is 93.8 Å². The summed E-state index contributed by atoms with van der Waals surface area (Å²) in [5.41, 5.74) is -2.41. The normalized spacial score (nSPS) is 42.0. The van der Waals surface area contributed by atoms with Crippen molar-refractivity contribution in [1.82, 2.24) is 4.90 Å². The molecule has 4 atom stereocenters. The van der Waals surface area contributed by atoms with Crippen LogP contribution in [0.1, 0.15) is 34.1 Å². The molecule has 96 valence electrons. The van der Waals surface area contributed by atoms with Crippen molar-refractivity contribution in [1.29, 1.82) is 0 Å². The number of alkyl halides is 4. The Morgan fingerprint density at radius 2 is 1.62 bits per heavy atom. The average Bonchev–Trinajstić information content (AvgIpc) is 2.13. The lowest BCUT2D eigenvalue weighted by molar-refractivity contribution is -0.187. The van der Waals surface area contributed by atoms with E-state index in [4.69, 9.17) is 0 Å². The maximum atomic E-state index is 14.1. The molecule has 0 saturated carbocycles. The van der Waals surface area contributed by atoms with Gasteiger partial charge in [-0.25, -0.2) is 22.5 Å². The lowest BCUT2D eigenvalue weighted by Crippen LogP contribution is -2.62. The average molecular weight is 241 g/mol. The third-order valence-corrected chi connectivity index (χ3v) is 3.35. The van der Waals surface area contributed by atoms with Crippen LogP contribution >= 0.6 is 0 Å². The minimum Gasteiger partial charge on any atom is -0.240 e. The molecule has 0 aromatic heterocycles. The van der Waals surface area contributed by atoms with Crippen molar-refractivity contribution in [2.75, 3.05) is 0 Å². The van der Waals surface area contributed by atoms with Crippen molar-refractivity contribution in [2.24, 2.45) is 5.92 Å². The number of hydrogen-bond donors (Lipinski definition) is 0. The molecule has 0 amide bonds. The molecule has 1 rings (SSSR count). The molecule has 0 aromatic rings. The van der Waals surface area contributed by atoms with Gasteiger partial charge in [0.05, 0.1) is 0 Å². The van der Waals surface area contributed by atoms with Gasteiger partial charge >= 0.3 is 0 Å². The van der Waals surface area contributed by atoms with Gasteiger partial charge in [0.2, 0.25) is 0 Å². The molecule has 2 unspecified atom stereocenters. The molecule has 5 heteroatoms. The van der Waals surface area contributed by atoms with Crippen LogP contribution in [0.15, 0.2) is 0 Å². The molecule has 1 aliphatic rings. The van der Waals surface area contributed by atoms with Crippen molar-refractivity contribution in [3.63, 3.8) is 0 Å². The van der Waals surface area contributed by atoms with Gasteiger partial charge in [-0.05, 0) is 19.8 Å². The van der Waals surface area contributed by atoms with Crippen LogP contribution in [0.5, 0.6) is 0 Å². The van der Waals surface area contributed by atoms with E-state index in [1.165, 1.54) is 13.8 Å². The van der Waals surface area contributed by atoms with E-state index in [0.717, 1.165) is 4.90 Å². The third kappa shape index (κ3) is 2.06. The standard InChI is InChI=1S/C11H19F4N/c1-6(2)11(15)5-8(12)16(7(3)4)10(14)9(11)13/h6-10H,5H2,1-4H3/t8-,9+,10?,11?/m1/s1. The fourth-order valence-electron chi connectivity index (χ4n) is 2.17. The molecule has 0 aromatic carbocycles. The van der Waals surface area contributed by atoms with Crippen LogP contribution in [0.25, 0.3) is 0 Å². The van der Waals surface area contributed by atoms with Crippen molar-refractivity contribution >= 4 is 0 Å². The molecule has 1 fully saturated rings. The summed E-state index contributed by atoms with van der Waals surface area (Å²) in [5, 5.41) is 0. The SMILES string of the molecule is CC(C)N1C(F)[C@H](F)C(F)(C(C)C)C[C@@H]1F. The van der Waals surface area contributed by atoms with Gasteiger partial charge in [0.25, 0.3) is 0 Å². The van der Waals surface area contributed by atoms with Gasteiger partial charge in [-0.3, -0.25) is 0 Å². The number of rotatable bonds is 2. The summed E-state index contributed by atoms with van der Waals surface area (Å²) in [6, 6.07) is -0.486. The molecular weight excluding hydrogens is 222 g/mol. The molecule has 0 radical (unpaired) electrons. The molecule has 0 N–H and O–H groups in total. The zero-order valence-corrected chi connectivity index (χ0v) is 10.1. The zero-order valence-electron chi connectivity index (χ0n) is 10.1. The summed E-state index contributed by atoms with van der Waals surface area (Å²) in [6.45, 7) is 6.01. The minimum atomic E-state index is -2.41. The molecule has 0 aliphatic carbocycles. The van der Waals surface area contributed by atoms with Gasteiger partial charge in [-0.1, -0.05) is 13.8 Å². The van der Waals surface area contributed by atoms with Crippen LogP contribution in [-0.4, -0.2) is 35.4 Å². The molecule has 0 spiro atoms. The predicted molar refractivity (Wildman–Crippen MR) is 55.0 cm³/mol. The lowest BCUT2D eigenvalue weighted by Gasteiger charge is -2.46. The molecule has 1 aliphatic heterocycles. The first-order valence-electron chi connectivity index (χ1n) is 5.60. The van der Waals surface area contributed by atoms with E-state index < -0.39 is 42.8 Å². The summed E-state index contributed by atoms with van der Waals surface area (Å²) < 4.78 is 55.2. The Morgan fingerprint density at radius 3 is 2.00 bits per heavy atom. The number of hydrogen-bond acceptors (Lipinski definition) is 1. The molecule has 16 heavy (non-hydrogen) atoms. The maximum absolute atomic E-state index is 14.1. The second-order valence-electron chi connectivity index (χ2n) is 5.04. The van der Waals surface area contributed by atoms with E-state index in [2.05, 4.69) is 0 Å². The number of nitrogens with zero attached hydrogens (tertiary/aromatic N) is 1. The Bertz CT molecular complexity index is 246. The second-order valence-corrected chi connectivity index (χ2v) is 5.04. The van der Waals surface area contributed by atoms with Crippen molar-refractivity contribution < 1.29 is 17.6 Å². The Kier molecular flexibility index (Phi) is 3.87. The van der Waals surface area contributed by atoms with Crippen LogP contribution in [0.2, 0.25) is 0 Å². The summed E-state index contributed by atoms with van der Waals surface area (Å²) in [6.07, 6.45) is -6.88. The van der Waals surface area contributed by atoms with Gasteiger partial charge in [0.15, 0.2) is 24.4 Å². The molecular formula is C11H19F4N. The van der Waals surface area contributed by atoms with Crippen LogP contribution in [0.3, 0.4) is 0 Å². The number of piperidine rings is 1. The lowest BCUT2D eigenvalue weighted by atomic mass is 9.80. The first-order chi connectivity index (χ1) is 7.21. The number of likely N-dealkylation sites (tertiary alicyclic amines) is 1. The summed E-state index contributed by atoms with van der Waals surface area (Å²) >= 11 is 0. The largest absolute Gasteiger partial charge is 0.240 e. The minimum absolute atomic E-state index is 0.486. The van der Waals surface area contributed by atoms with Gasteiger partial charge < -0.3 is 0 Å². The molecule has 0 bridgehead atoms. The topological polar surface area (TPSA) is 3.24 Å². The van der Waals surface area contributed by atoms with E-state index in [0.29, 0.717) is 0 Å². The summed E-state index contributed by atoms with van der Waals surface area (Å²) in [7, 11) is 0. The van der Waals surface area contributed by atoms with Crippen molar-refractivity contribution in [3.05, 3.63) is 0 Å². The fraction of sp³-hybridized carbons (Fsp3) is 1.00. The van der Waals surface area contributed by atoms with E-state index in [1.807, 2.05) is 0 Å². The van der Waals surface area contributed by atoms with Gasteiger partial charge in [-0.15, -0.1) is 0 Å². The molecule has 1 nitrogen and oxygen atoms in total. The Morgan fingerprint density at radius 1 is 1.12 bits per heavy atom. The third-order valence-electron chi connectivity index (χ3n) is 3.35. The summed E-state index contributed by atoms with van der Waals surface area (Å²) in [5.74, 6) is -0.742. The van der Waals surface area contributed by atoms with Gasteiger partial charge in [0.1, 0.15) is 0 Å². The first-order valence-corrected chi connectivity index (χ1v) is 5.60. The fourth-order valence-corrected chi connectivity index (χ4v) is 2.17. The van der Waals surface area contributed by atoms with Crippen LogP contribution in [0.4, 0.5) is 17.6 Å². The van der Waals surface area contributed by atoms with Crippen molar-refractivity contribution in [3.8, 4) is 0 Å². The van der Waals surface area contributed by atoms with Crippen LogP contribution in [0, 0.1) is 5.92 Å². The predicted octanol–water partition coefficient (Wildman–Crippen LogP) is 3.39. The van der Waals surface area contributed by atoms with E-state index >= 15 is 0 Å². The van der Waals surface area contributed by atoms with Gasteiger partial charge in [0, 0.05) is 12.5 Å².